The zero-order chi connectivity index (χ0) is 11.8. The highest BCUT2D eigenvalue weighted by atomic mass is 35.5. The van der Waals surface area contributed by atoms with Gasteiger partial charge in [-0.25, -0.2) is 4.98 Å². The number of pyridine rings is 1. The average Bonchev–Trinajstić information content (AvgIpc) is 2.26. The minimum Gasteiger partial charge on any atom is -0.474 e. The number of ether oxygens (including phenoxy) is 2. The monoisotopic (exact) mass is 244 g/mol. The van der Waals surface area contributed by atoms with Crippen molar-refractivity contribution in [3.8, 4) is 5.88 Å². The number of halogens is 1. The first-order valence-electron chi connectivity index (χ1n) is 5.35. The van der Waals surface area contributed by atoms with E-state index in [1.807, 2.05) is 0 Å². The molecule has 0 aliphatic carbocycles. The van der Waals surface area contributed by atoms with Crippen molar-refractivity contribution in [3.05, 3.63) is 17.3 Å². The predicted octanol–water partition coefficient (Wildman–Crippen LogP) is 2.51. The summed E-state index contributed by atoms with van der Waals surface area (Å²) in [5, 5.41) is 0.425. The van der Waals surface area contributed by atoms with Gasteiger partial charge in [0.15, 0.2) is 0 Å². The fourth-order valence-electron chi connectivity index (χ4n) is 1.09. The Morgan fingerprint density at radius 1 is 1.38 bits per heavy atom. The van der Waals surface area contributed by atoms with Crippen molar-refractivity contribution in [2.24, 2.45) is 0 Å². The van der Waals surface area contributed by atoms with E-state index >= 15 is 0 Å². The van der Waals surface area contributed by atoms with Crippen molar-refractivity contribution in [1.29, 1.82) is 0 Å². The van der Waals surface area contributed by atoms with Gasteiger partial charge in [0.1, 0.15) is 11.6 Å². The van der Waals surface area contributed by atoms with Gasteiger partial charge < -0.3 is 15.2 Å². The average molecular weight is 245 g/mol. The van der Waals surface area contributed by atoms with Gasteiger partial charge in [-0.2, -0.15) is 0 Å². The molecular formula is C11H17ClN2O2. The number of anilines is 1. The van der Waals surface area contributed by atoms with E-state index in [0.29, 0.717) is 29.8 Å². The third-order valence-corrected chi connectivity index (χ3v) is 2.21. The molecular weight excluding hydrogens is 228 g/mol. The van der Waals surface area contributed by atoms with Gasteiger partial charge in [-0.15, -0.1) is 0 Å². The molecule has 2 N–H and O–H groups in total. The molecule has 4 nitrogen and oxygen atoms in total. The van der Waals surface area contributed by atoms with Crippen molar-refractivity contribution in [2.45, 2.75) is 19.8 Å². The predicted molar refractivity (Wildman–Crippen MR) is 64.9 cm³/mol. The van der Waals surface area contributed by atoms with E-state index < -0.39 is 0 Å². The molecule has 1 aromatic heterocycles. The molecule has 0 aliphatic heterocycles. The van der Waals surface area contributed by atoms with Crippen LogP contribution in [0.4, 0.5) is 5.69 Å². The standard InChI is InChI=1S/C11H17ClN2O2/c1-2-3-4-15-5-6-16-11-10(12)7-9(13)8-14-11/h7-8H,2-6,13H2,1H3. The third kappa shape index (κ3) is 4.68. The lowest BCUT2D eigenvalue weighted by molar-refractivity contribution is 0.0966. The number of hydrogen-bond donors (Lipinski definition) is 1. The number of hydrogen-bond acceptors (Lipinski definition) is 4. The van der Waals surface area contributed by atoms with Gasteiger partial charge in [0.05, 0.1) is 18.5 Å². The van der Waals surface area contributed by atoms with Crippen LogP contribution in [0.1, 0.15) is 19.8 Å². The van der Waals surface area contributed by atoms with Crippen molar-refractivity contribution in [3.63, 3.8) is 0 Å². The number of nitrogens with zero attached hydrogens (tertiary/aromatic N) is 1. The molecule has 0 amide bonds. The Kier molecular flexibility index (Phi) is 5.96. The van der Waals surface area contributed by atoms with E-state index in [4.69, 9.17) is 26.8 Å². The zero-order valence-corrected chi connectivity index (χ0v) is 10.2. The first-order chi connectivity index (χ1) is 7.74. The number of rotatable bonds is 7. The van der Waals surface area contributed by atoms with Gasteiger partial charge in [-0.3, -0.25) is 0 Å². The van der Waals surface area contributed by atoms with Crippen molar-refractivity contribution in [1.82, 2.24) is 4.98 Å². The number of nitrogens with two attached hydrogens (primary N) is 1. The van der Waals surface area contributed by atoms with Crippen LogP contribution >= 0.6 is 11.6 Å². The topological polar surface area (TPSA) is 57.4 Å². The summed E-state index contributed by atoms with van der Waals surface area (Å²) in [6.07, 6.45) is 3.71. The van der Waals surface area contributed by atoms with Gasteiger partial charge in [-0.1, -0.05) is 24.9 Å². The third-order valence-electron chi connectivity index (χ3n) is 1.94. The molecule has 90 valence electrons. The fraction of sp³-hybridized carbons (Fsp3) is 0.545. The Balaban J connectivity index is 2.21. The van der Waals surface area contributed by atoms with Crippen LogP contribution in [-0.4, -0.2) is 24.8 Å². The van der Waals surface area contributed by atoms with E-state index in [1.54, 1.807) is 6.07 Å². The normalized spacial score (nSPS) is 10.4. The maximum absolute atomic E-state index is 5.88. The van der Waals surface area contributed by atoms with Gasteiger partial charge in [0.25, 0.3) is 0 Å². The molecule has 0 radical (unpaired) electrons. The molecule has 0 spiro atoms. The molecule has 5 heteroatoms. The van der Waals surface area contributed by atoms with E-state index in [9.17, 15) is 0 Å². The summed E-state index contributed by atoms with van der Waals surface area (Å²) in [7, 11) is 0. The van der Waals surface area contributed by atoms with E-state index in [2.05, 4.69) is 11.9 Å². The Morgan fingerprint density at radius 3 is 2.88 bits per heavy atom. The van der Waals surface area contributed by atoms with Crippen LogP contribution in [0, 0.1) is 0 Å². The first-order valence-corrected chi connectivity index (χ1v) is 5.73. The quantitative estimate of drug-likeness (QED) is 0.749. The smallest absolute Gasteiger partial charge is 0.232 e. The van der Waals surface area contributed by atoms with Crippen molar-refractivity contribution >= 4 is 17.3 Å². The van der Waals surface area contributed by atoms with Gasteiger partial charge >= 0.3 is 0 Å². The summed E-state index contributed by atoms with van der Waals surface area (Å²) in [6.45, 7) is 3.88. The molecule has 0 aromatic carbocycles. The Bertz CT molecular complexity index is 321. The molecule has 0 bridgehead atoms. The zero-order valence-electron chi connectivity index (χ0n) is 9.41. The van der Waals surface area contributed by atoms with Crippen LogP contribution in [0.15, 0.2) is 12.3 Å². The molecule has 16 heavy (non-hydrogen) atoms. The van der Waals surface area contributed by atoms with Crippen LogP contribution < -0.4 is 10.5 Å². The Labute approximate surface area is 101 Å². The molecule has 1 aromatic rings. The number of aromatic nitrogens is 1. The fourth-order valence-corrected chi connectivity index (χ4v) is 1.32. The van der Waals surface area contributed by atoms with Crippen molar-refractivity contribution in [2.75, 3.05) is 25.6 Å². The minimum atomic E-state index is 0.398. The molecule has 0 saturated heterocycles. The highest BCUT2D eigenvalue weighted by Crippen LogP contribution is 2.22. The summed E-state index contributed by atoms with van der Waals surface area (Å²) in [4.78, 5) is 3.98. The molecule has 0 fully saturated rings. The summed E-state index contributed by atoms with van der Waals surface area (Å²) in [5.74, 6) is 0.398. The molecule has 1 rings (SSSR count). The van der Waals surface area contributed by atoms with E-state index in [-0.39, 0.29) is 0 Å². The summed E-state index contributed by atoms with van der Waals surface area (Å²) in [6, 6.07) is 1.61. The SMILES string of the molecule is CCCCOCCOc1ncc(N)cc1Cl. The van der Waals surface area contributed by atoms with Gasteiger partial charge in [0.2, 0.25) is 5.88 Å². The molecule has 0 aliphatic rings. The lowest BCUT2D eigenvalue weighted by atomic mass is 10.4. The Hall–Kier alpha value is -1.00. The van der Waals surface area contributed by atoms with Crippen LogP contribution in [0.2, 0.25) is 5.02 Å². The number of unbranched alkanes of at least 4 members (excludes halogenated alkanes) is 1. The van der Waals surface area contributed by atoms with Gasteiger partial charge in [0, 0.05) is 6.61 Å². The largest absolute Gasteiger partial charge is 0.474 e. The first kappa shape index (κ1) is 13.1. The van der Waals surface area contributed by atoms with Crippen LogP contribution in [-0.2, 0) is 4.74 Å². The van der Waals surface area contributed by atoms with Crippen LogP contribution in [0.25, 0.3) is 0 Å². The van der Waals surface area contributed by atoms with Crippen LogP contribution in [0.3, 0.4) is 0 Å². The highest BCUT2D eigenvalue weighted by molar-refractivity contribution is 6.32. The number of nitrogen functional groups attached to an aromatic ring is 1. The maximum atomic E-state index is 5.88. The van der Waals surface area contributed by atoms with E-state index in [1.165, 1.54) is 6.20 Å². The minimum absolute atomic E-state index is 0.398. The van der Waals surface area contributed by atoms with E-state index in [0.717, 1.165) is 19.4 Å². The second-order valence-electron chi connectivity index (χ2n) is 3.37. The lowest BCUT2D eigenvalue weighted by Gasteiger charge is -2.07. The van der Waals surface area contributed by atoms with Gasteiger partial charge in [-0.05, 0) is 12.5 Å². The lowest BCUT2D eigenvalue weighted by Crippen LogP contribution is -2.08. The molecule has 1 heterocycles. The molecule has 0 atom stereocenters. The van der Waals surface area contributed by atoms with Crippen molar-refractivity contribution < 1.29 is 9.47 Å². The van der Waals surface area contributed by atoms with Crippen LogP contribution in [0.5, 0.6) is 5.88 Å². The summed E-state index contributed by atoms with van der Waals surface area (Å²) < 4.78 is 10.7. The second kappa shape index (κ2) is 7.30. The summed E-state index contributed by atoms with van der Waals surface area (Å²) >= 11 is 5.88. The summed E-state index contributed by atoms with van der Waals surface area (Å²) in [5.41, 5.74) is 6.03. The Morgan fingerprint density at radius 2 is 2.19 bits per heavy atom. The molecule has 0 saturated carbocycles. The second-order valence-corrected chi connectivity index (χ2v) is 3.78. The maximum Gasteiger partial charge on any atom is 0.232 e. The highest BCUT2D eigenvalue weighted by Gasteiger charge is 2.02. The molecule has 0 unspecified atom stereocenters.